The van der Waals surface area contributed by atoms with Crippen LogP contribution >= 0.6 is 11.6 Å². The topological polar surface area (TPSA) is 126 Å². The Labute approximate surface area is 284 Å². The van der Waals surface area contributed by atoms with Crippen LogP contribution in [0, 0.1) is 0 Å². The van der Waals surface area contributed by atoms with Crippen LogP contribution in [-0.2, 0) is 26.9 Å². The third-order valence-electron chi connectivity index (χ3n) is 9.62. The summed E-state index contributed by atoms with van der Waals surface area (Å²) in [7, 11) is -1.45. The molecule has 1 N–H and O–H groups in total. The second kappa shape index (κ2) is 12.8. The van der Waals surface area contributed by atoms with Gasteiger partial charge in [0.25, 0.3) is 15.9 Å². The summed E-state index contributed by atoms with van der Waals surface area (Å²) >= 11 is 6.65. The van der Waals surface area contributed by atoms with Gasteiger partial charge in [0, 0.05) is 29.2 Å². The van der Waals surface area contributed by atoms with E-state index in [1.165, 1.54) is 57.4 Å². The van der Waals surface area contributed by atoms with Gasteiger partial charge in [-0.05, 0) is 86.4 Å². The van der Waals surface area contributed by atoms with Gasteiger partial charge in [-0.1, -0.05) is 30.2 Å². The maximum Gasteiger partial charge on any atom is 0.271 e. The highest BCUT2D eigenvalue weighted by atomic mass is 35.5. The third-order valence-corrected chi connectivity index (χ3v) is 11.6. The van der Waals surface area contributed by atoms with Gasteiger partial charge in [-0.3, -0.25) is 14.6 Å². The number of halogens is 1. The van der Waals surface area contributed by atoms with Gasteiger partial charge in [-0.2, -0.15) is 0 Å². The SMILES string of the molecule is COc1ccc(S(=O)(=O)N2C(=O)C(c3ccc(CN4CCCCC4)cc3OC)(N3C[C@H](O)C[C@H]3c3ncco3)c3cc(Cl)ccc32)cc1. The van der Waals surface area contributed by atoms with Gasteiger partial charge in [-0.15, -0.1) is 0 Å². The molecule has 4 aromatic rings. The number of hydrogen-bond acceptors (Lipinski definition) is 10. The summed E-state index contributed by atoms with van der Waals surface area (Å²) < 4.78 is 46.9. The number of amides is 1. The number of aliphatic hydroxyl groups is 1. The lowest BCUT2D eigenvalue weighted by Crippen LogP contribution is -2.55. The number of oxazole rings is 1. The third kappa shape index (κ3) is 5.36. The Hall–Kier alpha value is -3.94. The number of piperidine rings is 1. The molecule has 0 saturated carbocycles. The minimum Gasteiger partial charge on any atom is -0.497 e. The van der Waals surface area contributed by atoms with Crippen molar-refractivity contribution in [1.82, 2.24) is 14.8 Å². The van der Waals surface area contributed by atoms with Crippen molar-refractivity contribution in [3.8, 4) is 11.5 Å². The summed E-state index contributed by atoms with van der Waals surface area (Å²) in [5.41, 5.74) is 0.0830. The maximum absolute atomic E-state index is 15.5. The van der Waals surface area contributed by atoms with E-state index in [9.17, 15) is 13.5 Å². The number of methoxy groups -OCH3 is 2. The number of carbonyl (C=O) groups is 1. The van der Waals surface area contributed by atoms with E-state index in [0.717, 1.165) is 35.8 Å². The quantitative estimate of drug-likeness (QED) is 0.253. The van der Waals surface area contributed by atoms with Gasteiger partial charge in [0.2, 0.25) is 5.89 Å². The standard InChI is InChI=1S/C35H37ClN4O7S/c1-45-26-8-10-27(11-9-26)48(43,44)40-30-13-7-24(36)19-29(30)35(34(40)42,39-22-25(41)20-31(39)33-37-14-17-47-33)28-12-6-23(18-32(28)46-2)21-38-15-4-3-5-16-38/h6-14,17-19,25,31,41H,3-5,15-16,20-22H2,1-2H3/t25-,31+,35?/m1/s1. The second-order valence-corrected chi connectivity index (χ2v) is 14.6. The van der Waals surface area contributed by atoms with Gasteiger partial charge >= 0.3 is 0 Å². The smallest absolute Gasteiger partial charge is 0.271 e. The molecule has 1 amide bonds. The Bertz CT molecular complexity index is 1920. The number of β-amino-alcohol motifs (C(OH)–C–C–N with tert-alkyl or cyclic N) is 1. The van der Waals surface area contributed by atoms with Gasteiger partial charge in [-0.25, -0.2) is 17.7 Å². The Balaban J connectivity index is 1.46. The van der Waals surface area contributed by atoms with E-state index in [2.05, 4.69) is 9.88 Å². The van der Waals surface area contributed by atoms with Crippen LogP contribution in [0.15, 0.2) is 82.4 Å². The van der Waals surface area contributed by atoms with Crippen molar-refractivity contribution in [1.29, 1.82) is 0 Å². The van der Waals surface area contributed by atoms with E-state index < -0.39 is 33.6 Å². The minimum absolute atomic E-state index is 0.0137. The van der Waals surface area contributed by atoms with E-state index >= 15 is 4.79 Å². The molecular weight excluding hydrogens is 656 g/mol. The molecule has 3 aromatic carbocycles. The number of nitrogens with zero attached hydrogens (tertiary/aromatic N) is 4. The fourth-order valence-electron chi connectivity index (χ4n) is 7.46. The summed E-state index contributed by atoms with van der Waals surface area (Å²) in [5.74, 6) is 0.403. The molecule has 7 rings (SSSR count). The molecule has 2 fully saturated rings. The predicted molar refractivity (Wildman–Crippen MR) is 179 cm³/mol. The molecule has 3 atom stereocenters. The van der Waals surface area contributed by atoms with Crippen molar-refractivity contribution in [3.05, 3.63) is 101 Å². The van der Waals surface area contributed by atoms with Crippen molar-refractivity contribution in [2.24, 2.45) is 0 Å². The number of likely N-dealkylation sites (tertiary alicyclic amines) is 2. The first-order valence-electron chi connectivity index (χ1n) is 16.0. The number of aliphatic hydroxyl groups excluding tert-OH is 1. The number of sulfonamides is 1. The van der Waals surface area contributed by atoms with Gasteiger partial charge in [0.05, 0.1) is 43.1 Å². The van der Waals surface area contributed by atoms with Crippen LogP contribution in [0.1, 0.15) is 54.3 Å². The van der Waals surface area contributed by atoms with Crippen LogP contribution in [0.25, 0.3) is 0 Å². The minimum atomic E-state index is -4.47. The first kappa shape index (κ1) is 32.6. The number of carbonyl (C=O) groups excluding carboxylic acids is 1. The van der Waals surface area contributed by atoms with Crippen molar-refractivity contribution < 1.29 is 32.2 Å². The molecule has 3 aliphatic rings. The fourth-order valence-corrected chi connectivity index (χ4v) is 9.09. The summed E-state index contributed by atoms with van der Waals surface area (Å²) in [6, 6.07) is 15.6. The molecule has 3 aliphatic heterocycles. The molecular formula is C35H37ClN4O7S. The van der Waals surface area contributed by atoms with Crippen LogP contribution in [0.5, 0.6) is 11.5 Å². The van der Waals surface area contributed by atoms with Crippen LogP contribution in [0.4, 0.5) is 5.69 Å². The number of fused-ring (bicyclic) bond motifs is 1. The second-order valence-electron chi connectivity index (χ2n) is 12.4. The normalized spacial score (nSPS) is 23.4. The van der Waals surface area contributed by atoms with Crippen LogP contribution in [0.3, 0.4) is 0 Å². The van der Waals surface area contributed by atoms with E-state index in [1.807, 2.05) is 18.2 Å². The highest BCUT2D eigenvalue weighted by molar-refractivity contribution is 7.93. The average molecular weight is 693 g/mol. The van der Waals surface area contributed by atoms with Crippen molar-refractivity contribution in [2.75, 3.05) is 38.2 Å². The highest BCUT2D eigenvalue weighted by Gasteiger charge is 2.63. The van der Waals surface area contributed by atoms with E-state index in [1.54, 1.807) is 23.1 Å². The van der Waals surface area contributed by atoms with Gasteiger partial charge in [0.15, 0.2) is 5.54 Å². The summed E-state index contributed by atoms with van der Waals surface area (Å²) in [6.07, 6.45) is 5.77. The van der Waals surface area contributed by atoms with E-state index in [0.29, 0.717) is 40.1 Å². The largest absolute Gasteiger partial charge is 0.497 e. The van der Waals surface area contributed by atoms with E-state index in [-0.39, 0.29) is 23.5 Å². The average Bonchev–Trinajstić information content (AvgIpc) is 3.82. The van der Waals surface area contributed by atoms with Gasteiger partial charge < -0.3 is 19.0 Å². The molecule has 13 heteroatoms. The molecule has 4 heterocycles. The van der Waals surface area contributed by atoms with Crippen molar-refractivity contribution in [2.45, 2.75) is 54.8 Å². The monoisotopic (exact) mass is 692 g/mol. The lowest BCUT2D eigenvalue weighted by atomic mass is 9.80. The summed E-state index contributed by atoms with van der Waals surface area (Å²) in [4.78, 5) is 23.9. The molecule has 252 valence electrons. The molecule has 1 aromatic heterocycles. The maximum atomic E-state index is 15.5. The molecule has 0 bridgehead atoms. The van der Waals surface area contributed by atoms with E-state index in [4.69, 9.17) is 25.5 Å². The molecule has 0 aliphatic carbocycles. The fraction of sp³-hybridized carbons (Fsp3) is 0.371. The van der Waals surface area contributed by atoms with Gasteiger partial charge in [0.1, 0.15) is 17.8 Å². The Morgan fingerprint density at radius 3 is 2.46 bits per heavy atom. The lowest BCUT2D eigenvalue weighted by molar-refractivity contribution is -0.127. The molecule has 11 nitrogen and oxygen atoms in total. The summed E-state index contributed by atoms with van der Waals surface area (Å²) in [5, 5.41) is 11.5. The van der Waals surface area contributed by atoms with Crippen molar-refractivity contribution in [3.63, 3.8) is 0 Å². The van der Waals surface area contributed by atoms with Crippen LogP contribution in [-0.4, -0.2) is 74.2 Å². The zero-order valence-electron chi connectivity index (χ0n) is 26.7. The lowest BCUT2D eigenvalue weighted by Gasteiger charge is -2.41. The zero-order chi connectivity index (χ0) is 33.6. The number of anilines is 1. The Morgan fingerprint density at radius 2 is 1.77 bits per heavy atom. The molecule has 0 spiro atoms. The van der Waals surface area contributed by atoms with Crippen LogP contribution < -0.4 is 13.8 Å². The Kier molecular flexibility index (Phi) is 8.71. The van der Waals surface area contributed by atoms with Crippen LogP contribution in [0.2, 0.25) is 5.02 Å². The Morgan fingerprint density at radius 1 is 1.00 bits per heavy atom. The first-order chi connectivity index (χ1) is 23.2. The number of ether oxygens (including phenoxy) is 2. The van der Waals surface area contributed by atoms with Crippen molar-refractivity contribution >= 4 is 33.2 Å². The number of rotatable bonds is 9. The molecule has 2 saturated heterocycles. The molecule has 48 heavy (non-hydrogen) atoms. The number of aromatic nitrogens is 1. The number of benzene rings is 3. The number of hydrogen-bond donors (Lipinski definition) is 1. The molecule has 0 radical (unpaired) electrons. The molecule has 1 unspecified atom stereocenters. The summed E-state index contributed by atoms with van der Waals surface area (Å²) in [6.45, 7) is 2.72. The predicted octanol–water partition coefficient (Wildman–Crippen LogP) is 5.12. The first-order valence-corrected chi connectivity index (χ1v) is 17.8. The zero-order valence-corrected chi connectivity index (χ0v) is 28.3. The highest BCUT2D eigenvalue weighted by Crippen LogP contribution is 2.57.